The Bertz CT molecular complexity index is 1050. The summed E-state index contributed by atoms with van der Waals surface area (Å²) in [7, 11) is 0.630. The Kier molecular flexibility index (Phi) is 5.34. The molecule has 3 aromatic carbocycles. The molecule has 0 N–H and O–H groups in total. The number of carbonyl (C=O) groups excluding carboxylic acids is 1. The number of hydrogen-bond donors (Lipinski definition) is 0. The van der Waals surface area contributed by atoms with E-state index in [-0.39, 0.29) is 5.56 Å². The molecular formula is C22H16F3O4S+. The van der Waals surface area contributed by atoms with Crippen LogP contribution >= 0.6 is 0 Å². The van der Waals surface area contributed by atoms with Crippen LogP contribution in [0.15, 0.2) is 81.4 Å². The lowest BCUT2D eigenvalue weighted by atomic mass is 10.2. The van der Waals surface area contributed by atoms with Gasteiger partial charge in [0.1, 0.15) is 22.2 Å². The zero-order valence-corrected chi connectivity index (χ0v) is 16.5. The number of rotatable bonds is 4. The van der Waals surface area contributed by atoms with Crippen molar-refractivity contribution in [1.82, 2.24) is 0 Å². The van der Waals surface area contributed by atoms with Crippen molar-refractivity contribution in [2.75, 3.05) is 13.7 Å². The molecule has 1 aliphatic heterocycles. The molecule has 0 saturated heterocycles. The minimum Gasteiger partial charge on any atom is -0.497 e. The molecule has 0 atom stereocenters. The standard InChI is InChI=1S/C22H16F3O4S/c1-27-14-10-11-18(15(12-14)21(26)28-13-22(23,24)25)30-19-8-4-2-6-16(19)29-17-7-3-5-9-20(17)30/h2-12H,13H2,1H3/q+1. The maximum atomic E-state index is 12.6. The molecule has 4 nitrogen and oxygen atoms in total. The lowest BCUT2D eigenvalue weighted by Gasteiger charge is -2.21. The van der Waals surface area contributed by atoms with Crippen molar-refractivity contribution in [3.63, 3.8) is 0 Å². The minimum atomic E-state index is -4.62. The van der Waals surface area contributed by atoms with Crippen LogP contribution in [0.25, 0.3) is 0 Å². The third-order valence-electron chi connectivity index (χ3n) is 4.35. The average molecular weight is 433 g/mol. The molecule has 0 bridgehead atoms. The van der Waals surface area contributed by atoms with Gasteiger partial charge in [0.2, 0.25) is 9.79 Å². The van der Waals surface area contributed by atoms with Crippen molar-refractivity contribution in [1.29, 1.82) is 0 Å². The van der Waals surface area contributed by atoms with E-state index in [0.29, 0.717) is 22.1 Å². The summed E-state index contributed by atoms with van der Waals surface area (Å²) in [6.07, 6.45) is -4.62. The molecule has 0 amide bonds. The van der Waals surface area contributed by atoms with Crippen molar-refractivity contribution in [3.8, 4) is 17.2 Å². The molecular weight excluding hydrogens is 417 g/mol. The summed E-state index contributed by atoms with van der Waals surface area (Å²) in [5, 5.41) is 0. The summed E-state index contributed by atoms with van der Waals surface area (Å²) >= 11 is 0. The average Bonchev–Trinajstić information content (AvgIpc) is 2.75. The highest BCUT2D eigenvalue weighted by molar-refractivity contribution is 7.97. The first-order valence-corrected chi connectivity index (χ1v) is 10.1. The highest BCUT2D eigenvalue weighted by Crippen LogP contribution is 2.47. The van der Waals surface area contributed by atoms with Crippen LogP contribution in [0, 0.1) is 0 Å². The van der Waals surface area contributed by atoms with E-state index in [1.807, 2.05) is 48.5 Å². The third kappa shape index (κ3) is 3.95. The summed E-state index contributed by atoms with van der Waals surface area (Å²) in [5.41, 5.74) is 0.0217. The van der Waals surface area contributed by atoms with E-state index in [0.717, 1.165) is 9.79 Å². The van der Waals surface area contributed by atoms with E-state index in [1.54, 1.807) is 12.1 Å². The Hall–Kier alpha value is -3.13. The highest BCUT2D eigenvalue weighted by atomic mass is 32.2. The molecule has 3 aromatic rings. The van der Waals surface area contributed by atoms with Crippen LogP contribution in [0.1, 0.15) is 10.4 Å². The Morgan fingerprint density at radius 2 is 1.53 bits per heavy atom. The fourth-order valence-corrected chi connectivity index (χ4v) is 5.41. The van der Waals surface area contributed by atoms with Gasteiger partial charge >= 0.3 is 12.1 Å². The fourth-order valence-electron chi connectivity index (χ4n) is 3.08. The second kappa shape index (κ2) is 7.95. The summed E-state index contributed by atoms with van der Waals surface area (Å²) in [5.74, 6) is 0.543. The predicted molar refractivity (Wildman–Crippen MR) is 104 cm³/mol. The largest absolute Gasteiger partial charge is 0.497 e. The van der Waals surface area contributed by atoms with Crippen LogP contribution in [-0.2, 0) is 15.6 Å². The first-order valence-electron chi connectivity index (χ1n) is 8.89. The summed E-state index contributed by atoms with van der Waals surface area (Å²) in [6, 6.07) is 19.5. The van der Waals surface area contributed by atoms with Gasteiger partial charge in [-0.15, -0.1) is 0 Å². The smallest absolute Gasteiger partial charge is 0.422 e. The predicted octanol–water partition coefficient (Wildman–Crippen LogP) is 5.62. The monoisotopic (exact) mass is 433 g/mol. The molecule has 0 fully saturated rings. The van der Waals surface area contributed by atoms with Crippen LogP contribution in [0.3, 0.4) is 0 Å². The minimum absolute atomic E-state index is 0.0217. The van der Waals surface area contributed by atoms with Gasteiger partial charge in [-0.3, -0.25) is 0 Å². The molecule has 1 aliphatic rings. The van der Waals surface area contributed by atoms with Crippen molar-refractivity contribution in [2.45, 2.75) is 20.9 Å². The maximum absolute atomic E-state index is 12.6. The zero-order chi connectivity index (χ0) is 21.3. The molecule has 0 aliphatic carbocycles. The van der Waals surface area contributed by atoms with E-state index in [9.17, 15) is 18.0 Å². The van der Waals surface area contributed by atoms with Gasteiger partial charge in [-0.05, 0) is 42.5 Å². The lowest BCUT2D eigenvalue weighted by Crippen LogP contribution is -2.22. The van der Waals surface area contributed by atoms with Crippen molar-refractivity contribution >= 4 is 16.9 Å². The van der Waals surface area contributed by atoms with Crippen LogP contribution in [-0.4, -0.2) is 25.9 Å². The number of hydrogen-bond acceptors (Lipinski definition) is 4. The third-order valence-corrected chi connectivity index (χ3v) is 6.70. The molecule has 0 aromatic heterocycles. The number of ether oxygens (including phenoxy) is 3. The van der Waals surface area contributed by atoms with Crippen LogP contribution < -0.4 is 9.47 Å². The van der Waals surface area contributed by atoms with E-state index in [1.165, 1.54) is 13.2 Å². The van der Waals surface area contributed by atoms with Gasteiger partial charge in [0.05, 0.1) is 7.11 Å². The molecule has 1 heterocycles. The zero-order valence-electron chi connectivity index (χ0n) is 15.7. The topological polar surface area (TPSA) is 44.8 Å². The normalized spacial score (nSPS) is 13.1. The quantitative estimate of drug-likeness (QED) is 0.310. The van der Waals surface area contributed by atoms with E-state index >= 15 is 0 Å². The van der Waals surface area contributed by atoms with E-state index < -0.39 is 29.6 Å². The van der Waals surface area contributed by atoms with Crippen LogP contribution in [0.5, 0.6) is 17.2 Å². The molecule has 0 spiro atoms. The second-order valence-electron chi connectivity index (χ2n) is 6.36. The number of alkyl halides is 3. The second-order valence-corrected chi connectivity index (χ2v) is 8.29. The Morgan fingerprint density at radius 3 is 2.10 bits per heavy atom. The SMILES string of the molecule is COc1ccc([S+]2c3ccccc3Oc3ccccc32)c(C(=O)OCC(F)(F)F)c1. The molecule has 8 heteroatoms. The number of para-hydroxylation sites is 2. The van der Waals surface area contributed by atoms with Crippen molar-refractivity contribution < 1.29 is 32.2 Å². The lowest BCUT2D eigenvalue weighted by molar-refractivity contribution is -0.161. The first-order chi connectivity index (χ1) is 14.4. The maximum Gasteiger partial charge on any atom is 0.422 e. The van der Waals surface area contributed by atoms with Crippen LogP contribution in [0.4, 0.5) is 13.2 Å². The molecule has 0 saturated carbocycles. The Morgan fingerprint density at radius 1 is 0.933 bits per heavy atom. The van der Waals surface area contributed by atoms with Gasteiger partial charge in [-0.25, -0.2) is 4.79 Å². The highest BCUT2D eigenvalue weighted by Gasteiger charge is 2.42. The number of carbonyl (C=O) groups is 1. The van der Waals surface area contributed by atoms with Gasteiger partial charge in [0.25, 0.3) is 0 Å². The molecule has 0 unspecified atom stereocenters. The van der Waals surface area contributed by atoms with E-state index in [4.69, 9.17) is 9.47 Å². The van der Waals surface area contributed by atoms with Gasteiger partial charge in [-0.2, -0.15) is 13.2 Å². The Labute approximate surface area is 173 Å². The van der Waals surface area contributed by atoms with Gasteiger partial charge < -0.3 is 14.2 Å². The molecule has 30 heavy (non-hydrogen) atoms. The summed E-state index contributed by atoms with van der Waals surface area (Å²) < 4.78 is 53.5. The Balaban J connectivity index is 1.86. The number of esters is 1. The van der Waals surface area contributed by atoms with Gasteiger partial charge in [0.15, 0.2) is 23.0 Å². The number of benzene rings is 3. The van der Waals surface area contributed by atoms with Crippen molar-refractivity contribution in [3.05, 3.63) is 72.3 Å². The molecule has 0 radical (unpaired) electrons. The van der Waals surface area contributed by atoms with Gasteiger partial charge in [-0.1, -0.05) is 24.3 Å². The fraction of sp³-hybridized carbons (Fsp3) is 0.136. The first kappa shape index (κ1) is 20.2. The molecule has 154 valence electrons. The van der Waals surface area contributed by atoms with Crippen LogP contribution in [0.2, 0.25) is 0 Å². The van der Waals surface area contributed by atoms with Crippen molar-refractivity contribution in [2.24, 2.45) is 0 Å². The number of fused-ring (bicyclic) bond motifs is 2. The molecule has 4 rings (SSSR count). The number of methoxy groups -OCH3 is 1. The van der Waals surface area contributed by atoms with E-state index in [2.05, 4.69) is 4.74 Å². The number of halogens is 3. The van der Waals surface area contributed by atoms with Gasteiger partial charge in [0, 0.05) is 0 Å². The summed E-state index contributed by atoms with van der Waals surface area (Å²) in [4.78, 5) is 14.8. The summed E-state index contributed by atoms with van der Waals surface area (Å²) in [6.45, 7) is -1.66.